The molecule has 0 N–H and O–H groups in total. The van der Waals surface area contributed by atoms with Gasteiger partial charge in [0.15, 0.2) is 10.1 Å². The van der Waals surface area contributed by atoms with E-state index in [9.17, 15) is 4.79 Å². The number of hydrogen-bond donors (Lipinski definition) is 0. The van der Waals surface area contributed by atoms with Gasteiger partial charge in [-0.1, -0.05) is 72.4 Å². The lowest BCUT2D eigenvalue weighted by atomic mass is 10.0. The van der Waals surface area contributed by atoms with Crippen molar-refractivity contribution in [3.63, 3.8) is 0 Å². The summed E-state index contributed by atoms with van der Waals surface area (Å²) in [5, 5.41) is 1.74. The van der Waals surface area contributed by atoms with Crippen LogP contribution in [-0.4, -0.2) is 10.8 Å². The molecule has 0 spiro atoms. The molecule has 110 valence electrons. The van der Waals surface area contributed by atoms with Crippen LogP contribution < -0.4 is 0 Å². The van der Waals surface area contributed by atoms with Gasteiger partial charge in [-0.25, -0.2) is 4.98 Å². The van der Waals surface area contributed by atoms with E-state index in [1.165, 1.54) is 11.8 Å². The number of rotatable bonds is 5. The fourth-order valence-corrected chi connectivity index (χ4v) is 4.25. The van der Waals surface area contributed by atoms with E-state index in [4.69, 9.17) is 0 Å². The summed E-state index contributed by atoms with van der Waals surface area (Å²) in [6.07, 6.45) is 0. The summed E-state index contributed by atoms with van der Waals surface area (Å²) < 4.78 is 0.927. The second kappa shape index (κ2) is 6.90. The molecule has 1 aromatic heterocycles. The first kappa shape index (κ1) is 15.0. The van der Waals surface area contributed by atoms with E-state index < -0.39 is 0 Å². The largest absolute Gasteiger partial charge is 0.293 e. The highest BCUT2D eigenvalue weighted by atomic mass is 32.2. The van der Waals surface area contributed by atoms with Crippen molar-refractivity contribution in [1.82, 2.24) is 4.98 Å². The van der Waals surface area contributed by atoms with Crippen molar-refractivity contribution < 1.29 is 4.79 Å². The van der Waals surface area contributed by atoms with E-state index in [0.717, 1.165) is 21.2 Å². The quantitative estimate of drug-likeness (QED) is 0.479. The van der Waals surface area contributed by atoms with E-state index in [1.54, 1.807) is 11.3 Å². The van der Waals surface area contributed by atoms with E-state index in [2.05, 4.69) is 4.98 Å². The average molecular weight is 325 g/mol. The molecule has 0 aliphatic rings. The zero-order valence-electron chi connectivity index (χ0n) is 12.1. The van der Waals surface area contributed by atoms with Crippen LogP contribution in [-0.2, 0) is 0 Å². The molecule has 0 aliphatic carbocycles. The topological polar surface area (TPSA) is 30.0 Å². The lowest BCUT2D eigenvalue weighted by Crippen LogP contribution is -2.09. The lowest BCUT2D eigenvalue weighted by molar-refractivity contribution is 0.0989. The van der Waals surface area contributed by atoms with Gasteiger partial charge in [0, 0.05) is 16.6 Å². The fourth-order valence-electron chi connectivity index (χ4n) is 2.14. The van der Waals surface area contributed by atoms with Crippen LogP contribution >= 0.6 is 23.1 Å². The van der Waals surface area contributed by atoms with Gasteiger partial charge in [0.2, 0.25) is 0 Å². The smallest absolute Gasteiger partial charge is 0.180 e. The van der Waals surface area contributed by atoms with Crippen molar-refractivity contribution >= 4 is 28.9 Å². The van der Waals surface area contributed by atoms with E-state index in [1.807, 2.05) is 73.0 Å². The zero-order chi connectivity index (χ0) is 15.4. The third kappa shape index (κ3) is 3.46. The van der Waals surface area contributed by atoms with Crippen LogP contribution in [0.2, 0.25) is 0 Å². The Hall–Kier alpha value is -1.91. The van der Waals surface area contributed by atoms with Crippen LogP contribution in [0.5, 0.6) is 0 Å². The predicted molar refractivity (Wildman–Crippen MR) is 92.7 cm³/mol. The van der Waals surface area contributed by atoms with Gasteiger partial charge in [-0.05, 0) is 12.5 Å². The molecule has 0 fully saturated rings. The number of aryl methyl sites for hydroxylation is 1. The number of carbonyl (C=O) groups excluding carboxylic acids is 1. The number of hydrogen-bond acceptors (Lipinski definition) is 4. The highest BCUT2D eigenvalue weighted by Crippen LogP contribution is 2.39. The van der Waals surface area contributed by atoms with Crippen molar-refractivity contribution in [2.45, 2.75) is 16.5 Å². The molecule has 2 nitrogen and oxygen atoms in total. The maximum Gasteiger partial charge on any atom is 0.180 e. The zero-order valence-corrected chi connectivity index (χ0v) is 13.7. The SMILES string of the molecule is Cc1csc(S[C@@H](C(=O)c2ccccc2)c2ccccc2)n1. The van der Waals surface area contributed by atoms with Crippen molar-refractivity contribution in [1.29, 1.82) is 0 Å². The highest BCUT2D eigenvalue weighted by molar-refractivity contribution is 8.01. The number of thioether (sulfide) groups is 1. The Bertz CT molecular complexity index is 753. The molecule has 0 radical (unpaired) electrons. The third-order valence-corrected chi connectivity index (χ3v) is 5.56. The minimum Gasteiger partial charge on any atom is -0.293 e. The Balaban J connectivity index is 1.94. The highest BCUT2D eigenvalue weighted by Gasteiger charge is 2.24. The Labute approximate surface area is 138 Å². The van der Waals surface area contributed by atoms with Crippen LogP contribution in [0.4, 0.5) is 0 Å². The molecule has 22 heavy (non-hydrogen) atoms. The van der Waals surface area contributed by atoms with Crippen molar-refractivity contribution in [3.05, 3.63) is 82.9 Å². The summed E-state index contributed by atoms with van der Waals surface area (Å²) in [6, 6.07) is 19.3. The summed E-state index contributed by atoms with van der Waals surface area (Å²) >= 11 is 3.11. The van der Waals surface area contributed by atoms with Crippen molar-refractivity contribution in [2.75, 3.05) is 0 Å². The summed E-state index contributed by atoms with van der Waals surface area (Å²) in [5.41, 5.74) is 2.73. The first-order valence-corrected chi connectivity index (χ1v) is 8.73. The number of thiazole rings is 1. The molecule has 0 amide bonds. The molecule has 0 bridgehead atoms. The van der Waals surface area contributed by atoms with Gasteiger partial charge in [-0.3, -0.25) is 4.79 Å². The Morgan fingerprint density at radius 3 is 2.27 bits per heavy atom. The van der Waals surface area contributed by atoms with Crippen molar-refractivity contribution in [2.24, 2.45) is 0 Å². The van der Waals surface area contributed by atoms with Gasteiger partial charge in [0.05, 0.1) is 5.25 Å². The minimum absolute atomic E-state index is 0.115. The summed E-state index contributed by atoms with van der Waals surface area (Å²) in [6.45, 7) is 1.97. The molecular formula is C18H15NOS2. The number of carbonyl (C=O) groups is 1. The number of aromatic nitrogens is 1. The lowest BCUT2D eigenvalue weighted by Gasteiger charge is -2.14. The van der Waals surface area contributed by atoms with Crippen LogP contribution in [0.25, 0.3) is 0 Å². The van der Waals surface area contributed by atoms with Gasteiger partial charge < -0.3 is 0 Å². The van der Waals surface area contributed by atoms with Crippen LogP contribution in [0, 0.1) is 6.92 Å². The summed E-state index contributed by atoms with van der Waals surface area (Å²) in [5.74, 6) is 0.115. The molecule has 4 heteroatoms. The maximum atomic E-state index is 12.9. The number of ketones is 1. The van der Waals surface area contributed by atoms with Gasteiger partial charge >= 0.3 is 0 Å². The monoisotopic (exact) mass is 325 g/mol. The number of benzene rings is 2. The van der Waals surface area contributed by atoms with Crippen LogP contribution in [0.3, 0.4) is 0 Å². The Morgan fingerprint density at radius 2 is 1.68 bits per heavy atom. The molecule has 2 aromatic carbocycles. The Kier molecular flexibility index (Phi) is 4.71. The second-order valence-corrected chi connectivity index (χ2v) is 7.10. The summed E-state index contributed by atoms with van der Waals surface area (Å²) in [4.78, 5) is 17.4. The molecule has 0 saturated carbocycles. The van der Waals surface area contributed by atoms with Crippen molar-refractivity contribution in [3.8, 4) is 0 Å². The first-order chi connectivity index (χ1) is 10.7. The molecule has 0 aliphatic heterocycles. The van der Waals surface area contributed by atoms with Gasteiger partial charge in [-0.15, -0.1) is 11.3 Å². The molecule has 3 aromatic rings. The third-order valence-electron chi connectivity index (χ3n) is 3.22. The second-order valence-electron chi connectivity index (χ2n) is 4.89. The first-order valence-electron chi connectivity index (χ1n) is 6.97. The standard InChI is InChI=1S/C18H15NOS2/c1-13-12-21-18(19-13)22-17(15-10-6-3-7-11-15)16(20)14-8-4-2-5-9-14/h2-12,17H,1H3/t17-/m1/s1. The maximum absolute atomic E-state index is 12.9. The van der Waals surface area contributed by atoms with E-state index in [0.29, 0.717) is 0 Å². The molecule has 1 heterocycles. The van der Waals surface area contributed by atoms with Gasteiger partial charge in [0.25, 0.3) is 0 Å². The number of nitrogens with zero attached hydrogens (tertiary/aromatic N) is 1. The molecule has 0 unspecified atom stereocenters. The van der Waals surface area contributed by atoms with Gasteiger partial charge in [0.1, 0.15) is 0 Å². The molecule has 3 rings (SSSR count). The summed E-state index contributed by atoms with van der Waals surface area (Å²) in [7, 11) is 0. The normalized spacial score (nSPS) is 12.0. The van der Waals surface area contributed by atoms with E-state index in [-0.39, 0.29) is 11.0 Å². The fraction of sp³-hybridized carbons (Fsp3) is 0.111. The Morgan fingerprint density at radius 1 is 1.05 bits per heavy atom. The van der Waals surface area contributed by atoms with Crippen LogP contribution in [0.15, 0.2) is 70.4 Å². The number of Topliss-reactive ketones (excluding diaryl/α,β-unsaturated/α-hetero) is 1. The minimum atomic E-state index is -0.269. The molecule has 0 saturated heterocycles. The van der Waals surface area contributed by atoms with Crippen LogP contribution in [0.1, 0.15) is 26.9 Å². The average Bonchev–Trinajstić information content (AvgIpc) is 2.99. The molecular weight excluding hydrogens is 310 g/mol. The van der Waals surface area contributed by atoms with Gasteiger partial charge in [-0.2, -0.15) is 0 Å². The molecule has 1 atom stereocenters. The van der Waals surface area contributed by atoms with E-state index >= 15 is 0 Å². The predicted octanol–water partition coefficient (Wildman–Crippen LogP) is 5.17.